The number of thioether (sulfide) groups is 1. The summed E-state index contributed by atoms with van der Waals surface area (Å²) in [5.74, 6) is 2.11. The van der Waals surface area contributed by atoms with Crippen molar-refractivity contribution in [2.45, 2.75) is 25.0 Å². The fraction of sp³-hybridized carbons (Fsp3) is 0.667. The van der Waals surface area contributed by atoms with Crippen LogP contribution in [-0.4, -0.2) is 45.9 Å². The lowest BCUT2D eigenvalue weighted by Crippen LogP contribution is -2.16. The molecule has 0 bridgehead atoms. The van der Waals surface area contributed by atoms with E-state index in [0.717, 1.165) is 18.6 Å². The fourth-order valence-electron chi connectivity index (χ4n) is 1.92. The Balaban J connectivity index is 1.90. The second-order valence-electron chi connectivity index (χ2n) is 5.37. The zero-order valence-electron chi connectivity index (χ0n) is 11.7. The van der Waals surface area contributed by atoms with E-state index in [0.29, 0.717) is 17.5 Å². The summed E-state index contributed by atoms with van der Waals surface area (Å²) in [6.45, 7) is 0. The third kappa shape index (κ3) is 3.96. The Morgan fingerprint density at radius 3 is 2.65 bits per heavy atom. The molecule has 0 saturated heterocycles. The first-order valence-electron chi connectivity index (χ1n) is 6.37. The molecule has 0 unspecified atom stereocenters. The lowest BCUT2D eigenvalue weighted by molar-refractivity contribution is -0.138. The van der Waals surface area contributed by atoms with Gasteiger partial charge in [0.2, 0.25) is 11.9 Å². The first-order chi connectivity index (χ1) is 9.40. The molecule has 2 rings (SSSR count). The van der Waals surface area contributed by atoms with Crippen LogP contribution in [0, 0.1) is 5.41 Å². The summed E-state index contributed by atoms with van der Waals surface area (Å²) < 4.78 is 0. The van der Waals surface area contributed by atoms with Crippen LogP contribution in [-0.2, 0) is 10.5 Å². The average Bonchev–Trinajstić information content (AvgIpc) is 3.07. The van der Waals surface area contributed by atoms with E-state index in [1.807, 2.05) is 14.1 Å². The van der Waals surface area contributed by atoms with Gasteiger partial charge in [0.25, 0.3) is 0 Å². The second kappa shape index (κ2) is 5.82. The highest BCUT2D eigenvalue weighted by atomic mass is 32.2. The highest BCUT2D eigenvalue weighted by Crippen LogP contribution is 2.51. The normalized spacial score (nSPS) is 15.9. The quantitative estimate of drug-likeness (QED) is 0.768. The van der Waals surface area contributed by atoms with Crippen molar-refractivity contribution < 1.29 is 9.90 Å². The van der Waals surface area contributed by atoms with Crippen molar-refractivity contribution in [1.82, 2.24) is 15.0 Å². The van der Waals surface area contributed by atoms with Gasteiger partial charge in [0.15, 0.2) is 0 Å². The molecule has 0 aromatic carbocycles. The van der Waals surface area contributed by atoms with E-state index in [1.54, 1.807) is 16.7 Å². The van der Waals surface area contributed by atoms with Crippen LogP contribution in [0.4, 0.5) is 11.9 Å². The van der Waals surface area contributed by atoms with Gasteiger partial charge in [-0.25, -0.2) is 0 Å². The van der Waals surface area contributed by atoms with E-state index in [4.69, 9.17) is 10.8 Å². The van der Waals surface area contributed by atoms with Gasteiger partial charge in [0.05, 0.1) is 12.2 Å². The molecule has 1 aliphatic rings. The number of hydrogen-bond acceptors (Lipinski definition) is 7. The van der Waals surface area contributed by atoms with Crippen LogP contribution in [0.2, 0.25) is 0 Å². The molecule has 0 radical (unpaired) electrons. The summed E-state index contributed by atoms with van der Waals surface area (Å²) in [5.41, 5.74) is 5.64. The minimum Gasteiger partial charge on any atom is -0.481 e. The number of aromatic nitrogens is 3. The predicted molar refractivity (Wildman–Crippen MR) is 78.6 cm³/mol. The molecule has 20 heavy (non-hydrogen) atoms. The average molecular weight is 297 g/mol. The SMILES string of the molecule is CN(C)c1nc(N)nc(CSCC2(CC(=O)O)CC2)n1. The summed E-state index contributed by atoms with van der Waals surface area (Å²) in [6.07, 6.45) is 2.24. The van der Waals surface area contributed by atoms with Gasteiger partial charge < -0.3 is 15.7 Å². The van der Waals surface area contributed by atoms with Crippen LogP contribution in [0.5, 0.6) is 0 Å². The van der Waals surface area contributed by atoms with Crippen molar-refractivity contribution in [2.75, 3.05) is 30.5 Å². The van der Waals surface area contributed by atoms with Gasteiger partial charge in [-0.05, 0) is 24.0 Å². The number of carbonyl (C=O) groups is 1. The minimum absolute atomic E-state index is 0.0144. The maximum atomic E-state index is 10.8. The van der Waals surface area contributed by atoms with Gasteiger partial charge in [-0.1, -0.05) is 0 Å². The molecule has 0 amide bonds. The summed E-state index contributed by atoms with van der Waals surface area (Å²) in [6, 6.07) is 0. The summed E-state index contributed by atoms with van der Waals surface area (Å²) in [5, 5.41) is 8.88. The molecule has 110 valence electrons. The topological polar surface area (TPSA) is 105 Å². The van der Waals surface area contributed by atoms with Crippen LogP contribution < -0.4 is 10.6 Å². The zero-order valence-corrected chi connectivity index (χ0v) is 12.5. The highest BCUT2D eigenvalue weighted by molar-refractivity contribution is 7.98. The number of anilines is 2. The molecule has 1 fully saturated rings. The third-order valence-electron chi connectivity index (χ3n) is 3.21. The van der Waals surface area contributed by atoms with Crippen LogP contribution in [0.1, 0.15) is 25.1 Å². The van der Waals surface area contributed by atoms with Crippen LogP contribution in [0.3, 0.4) is 0 Å². The Bertz CT molecular complexity index is 505. The Hall–Kier alpha value is -1.57. The first-order valence-corrected chi connectivity index (χ1v) is 7.53. The largest absolute Gasteiger partial charge is 0.481 e. The summed E-state index contributed by atoms with van der Waals surface area (Å²) in [7, 11) is 3.69. The van der Waals surface area contributed by atoms with E-state index < -0.39 is 5.97 Å². The third-order valence-corrected chi connectivity index (χ3v) is 4.49. The number of nitrogen functional groups attached to an aromatic ring is 1. The van der Waals surface area contributed by atoms with E-state index in [2.05, 4.69) is 15.0 Å². The van der Waals surface area contributed by atoms with Crippen molar-refractivity contribution in [2.24, 2.45) is 5.41 Å². The summed E-state index contributed by atoms with van der Waals surface area (Å²) in [4.78, 5) is 25.0. The molecule has 0 spiro atoms. The number of nitrogens with zero attached hydrogens (tertiary/aromatic N) is 4. The van der Waals surface area contributed by atoms with E-state index in [9.17, 15) is 4.79 Å². The lowest BCUT2D eigenvalue weighted by Gasteiger charge is -2.13. The smallest absolute Gasteiger partial charge is 0.303 e. The number of hydrogen-bond donors (Lipinski definition) is 2. The zero-order chi connectivity index (χ0) is 14.8. The van der Waals surface area contributed by atoms with Gasteiger partial charge in [-0.2, -0.15) is 26.7 Å². The van der Waals surface area contributed by atoms with E-state index in [-0.39, 0.29) is 17.8 Å². The number of carboxylic acid groups (broad SMARTS) is 1. The van der Waals surface area contributed by atoms with Gasteiger partial charge in [0.1, 0.15) is 5.82 Å². The molecule has 7 nitrogen and oxygen atoms in total. The van der Waals surface area contributed by atoms with E-state index >= 15 is 0 Å². The maximum Gasteiger partial charge on any atom is 0.303 e. The minimum atomic E-state index is -0.720. The second-order valence-corrected chi connectivity index (χ2v) is 6.35. The van der Waals surface area contributed by atoms with Gasteiger partial charge in [0, 0.05) is 14.1 Å². The van der Waals surface area contributed by atoms with Crippen molar-refractivity contribution >= 4 is 29.6 Å². The number of aliphatic carboxylic acids is 1. The van der Waals surface area contributed by atoms with Crippen LogP contribution in [0.15, 0.2) is 0 Å². The standard InChI is InChI=1S/C12H19N5O2S/c1-17(2)11-15-8(14-10(13)16-11)6-20-7-12(3-4-12)5-9(18)19/h3-7H2,1-2H3,(H,18,19)(H2,13,14,15,16). The van der Waals surface area contributed by atoms with Crippen molar-refractivity contribution in [3.05, 3.63) is 5.82 Å². The number of nitrogens with two attached hydrogens (primary N) is 1. The predicted octanol–water partition coefficient (Wildman–Crippen LogP) is 1.01. The Labute approximate surface area is 122 Å². The van der Waals surface area contributed by atoms with Crippen molar-refractivity contribution in [3.8, 4) is 0 Å². The molecule has 8 heteroatoms. The van der Waals surface area contributed by atoms with Crippen LogP contribution in [0.25, 0.3) is 0 Å². The van der Waals surface area contributed by atoms with Gasteiger partial charge >= 0.3 is 5.97 Å². The molecule has 0 aliphatic heterocycles. The number of carboxylic acids is 1. The van der Waals surface area contributed by atoms with Crippen molar-refractivity contribution in [3.63, 3.8) is 0 Å². The van der Waals surface area contributed by atoms with E-state index in [1.165, 1.54) is 0 Å². The fourth-order valence-corrected chi connectivity index (χ4v) is 3.16. The molecule has 3 N–H and O–H groups in total. The molecule has 0 atom stereocenters. The van der Waals surface area contributed by atoms with Crippen molar-refractivity contribution in [1.29, 1.82) is 0 Å². The Kier molecular flexibility index (Phi) is 4.32. The molecule has 1 aromatic heterocycles. The number of rotatable bonds is 7. The summed E-state index contributed by atoms with van der Waals surface area (Å²) >= 11 is 1.66. The Morgan fingerprint density at radius 1 is 1.40 bits per heavy atom. The van der Waals surface area contributed by atoms with Gasteiger partial charge in [-0.3, -0.25) is 4.79 Å². The molecule has 1 aromatic rings. The molecular weight excluding hydrogens is 278 g/mol. The van der Waals surface area contributed by atoms with Gasteiger partial charge in [-0.15, -0.1) is 0 Å². The monoisotopic (exact) mass is 297 g/mol. The highest BCUT2D eigenvalue weighted by Gasteiger charge is 2.44. The molecule has 1 aliphatic carbocycles. The Morgan fingerprint density at radius 2 is 2.10 bits per heavy atom. The maximum absolute atomic E-state index is 10.8. The first kappa shape index (κ1) is 14.8. The lowest BCUT2D eigenvalue weighted by atomic mass is 10.1. The molecule has 1 saturated carbocycles. The van der Waals surface area contributed by atoms with Crippen LogP contribution >= 0.6 is 11.8 Å². The molecular formula is C12H19N5O2S. The molecule has 1 heterocycles.